The van der Waals surface area contributed by atoms with Gasteiger partial charge in [0.15, 0.2) is 0 Å². The van der Waals surface area contributed by atoms with Crippen LogP contribution >= 0.6 is 0 Å². The van der Waals surface area contributed by atoms with Crippen molar-refractivity contribution in [1.29, 1.82) is 0 Å². The SMILES string of the molecule is COc1ccc(C2CNC(Nc3ccc(C(=O)N(CCN)CC4CCCO4)cc3)NC2)cc1. The van der Waals surface area contributed by atoms with E-state index in [4.69, 9.17) is 15.2 Å². The molecule has 2 aliphatic heterocycles. The quantitative estimate of drug-likeness (QED) is 0.460. The molecule has 2 aromatic carbocycles. The molecule has 2 aliphatic rings. The fourth-order valence-corrected chi connectivity index (χ4v) is 4.40. The molecule has 2 aromatic rings. The van der Waals surface area contributed by atoms with Crippen molar-refractivity contribution in [2.45, 2.75) is 31.2 Å². The number of rotatable bonds is 9. The molecule has 5 N–H and O–H groups in total. The number of carbonyl (C=O) groups is 1. The summed E-state index contributed by atoms with van der Waals surface area (Å²) in [6.07, 6.45) is 2.14. The van der Waals surface area contributed by atoms with E-state index >= 15 is 0 Å². The molecule has 1 atom stereocenters. The molecule has 33 heavy (non-hydrogen) atoms. The number of hydrogen-bond donors (Lipinski definition) is 4. The first-order chi connectivity index (χ1) is 16.2. The molecule has 0 saturated carbocycles. The van der Waals surface area contributed by atoms with Crippen LogP contribution in [-0.4, -0.2) is 69.6 Å². The van der Waals surface area contributed by atoms with E-state index in [0.29, 0.717) is 31.1 Å². The van der Waals surface area contributed by atoms with E-state index in [-0.39, 0.29) is 18.3 Å². The third-order valence-electron chi connectivity index (χ3n) is 6.30. The van der Waals surface area contributed by atoms with Gasteiger partial charge in [0, 0.05) is 56.5 Å². The van der Waals surface area contributed by atoms with Crippen LogP contribution in [0.4, 0.5) is 5.69 Å². The van der Waals surface area contributed by atoms with Gasteiger partial charge in [0.1, 0.15) is 12.0 Å². The number of hydrogen-bond acceptors (Lipinski definition) is 7. The first-order valence-corrected chi connectivity index (χ1v) is 11.7. The van der Waals surface area contributed by atoms with E-state index in [9.17, 15) is 4.79 Å². The number of nitrogens with two attached hydrogens (primary N) is 1. The molecule has 4 rings (SSSR count). The summed E-state index contributed by atoms with van der Waals surface area (Å²) in [6, 6.07) is 15.8. The average molecular weight is 454 g/mol. The van der Waals surface area contributed by atoms with Gasteiger partial charge in [0.2, 0.25) is 0 Å². The van der Waals surface area contributed by atoms with Gasteiger partial charge in [0.25, 0.3) is 5.91 Å². The Labute approximate surface area is 195 Å². The average Bonchev–Trinajstić information content (AvgIpc) is 3.38. The molecule has 1 amide bonds. The highest BCUT2D eigenvalue weighted by Gasteiger charge is 2.24. The van der Waals surface area contributed by atoms with Crippen molar-refractivity contribution >= 4 is 11.6 Å². The van der Waals surface area contributed by atoms with Crippen LogP contribution in [0, 0.1) is 0 Å². The van der Waals surface area contributed by atoms with Crippen LogP contribution in [0.5, 0.6) is 5.75 Å². The van der Waals surface area contributed by atoms with Gasteiger partial charge in [-0.15, -0.1) is 0 Å². The predicted octanol–water partition coefficient (Wildman–Crippen LogP) is 1.95. The molecular formula is C25H35N5O3. The summed E-state index contributed by atoms with van der Waals surface area (Å²) in [5.41, 5.74) is 8.63. The first kappa shape index (κ1) is 23.5. The van der Waals surface area contributed by atoms with Crippen LogP contribution in [0.3, 0.4) is 0 Å². The van der Waals surface area contributed by atoms with E-state index in [1.54, 1.807) is 7.11 Å². The number of benzene rings is 2. The zero-order valence-corrected chi connectivity index (χ0v) is 19.3. The second-order valence-electron chi connectivity index (χ2n) is 8.62. The van der Waals surface area contributed by atoms with E-state index < -0.39 is 0 Å². The van der Waals surface area contributed by atoms with Gasteiger partial charge >= 0.3 is 0 Å². The number of ether oxygens (including phenoxy) is 2. The minimum Gasteiger partial charge on any atom is -0.497 e. The van der Waals surface area contributed by atoms with Crippen molar-refractivity contribution in [1.82, 2.24) is 15.5 Å². The van der Waals surface area contributed by atoms with Gasteiger partial charge in [-0.05, 0) is 54.8 Å². The molecule has 2 heterocycles. The topological polar surface area (TPSA) is 101 Å². The van der Waals surface area contributed by atoms with Crippen LogP contribution in [0.2, 0.25) is 0 Å². The molecule has 8 nitrogen and oxygen atoms in total. The number of nitrogens with one attached hydrogen (secondary N) is 3. The molecule has 0 bridgehead atoms. The lowest BCUT2D eigenvalue weighted by molar-refractivity contribution is 0.0533. The summed E-state index contributed by atoms with van der Waals surface area (Å²) in [4.78, 5) is 14.8. The minimum absolute atomic E-state index is 0.00116. The van der Waals surface area contributed by atoms with Gasteiger partial charge in [-0.3, -0.25) is 15.4 Å². The molecule has 2 saturated heterocycles. The van der Waals surface area contributed by atoms with Crippen molar-refractivity contribution < 1.29 is 14.3 Å². The Balaban J connectivity index is 1.28. The van der Waals surface area contributed by atoms with Crippen molar-refractivity contribution in [2.24, 2.45) is 5.73 Å². The lowest BCUT2D eigenvalue weighted by Crippen LogP contribution is -2.55. The normalized spacial score (nSPS) is 22.7. The molecule has 0 radical (unpaired) electrons. The summed E-state index contributed by atoms with van der Waals surface area (Å²) in [6.45, 7) is 4.08. The van der Waals surface area contributed by atoms with Gasteiger partial charge in [-0.2, -0.15) is 0 Å². The minimum atomic E-state index is -0.0331. The summed E-state index contributed by atoms with van der Waals surface area (Å²) in [5, 5.41) is 10.4. The maximum absolute atomic E-state index is 13.0. The monoisotopic (exact) mass is 453 g/mol. The van der Waals surface area contributed by atoms with Gasteiger partial charge in [-0.1, -0.05) is 12.1 Å². The highest BCUT2D eigenvalue weighted by molar-refractivity contribution is 5.94. The summed E-state index contributed by atoms with van der Waals surface area (Å²) in [5.74, 6) is 1.26. The highest BCUT2D eigenvalue weighted by Crippen LogP contribution is 2.21. The van der Waals surface area contributed by atoms with E-state index in [0.717, 1.165) is 44.0 Å². The zero-order chi connectivity index (χ0) is 23.0. The predicted molar refractivity (Wildman–Crippen MR) is 130 cm³/mol. The molecule has 1 unspecified atom stereocenters. The van der Waals surface area contributed by atoms with Gasteiger partial charge < -0.3 is 25.4 Å². The number of methoxy groups -OCH3 is 1. The fourth-order valence-electron chi connectivity index (χ4n) is 4.40. The Bertz CT molecular complexity index is 876. The third kappa shape index (κ3) is 6.23. The summed E-state index contributed by atoms with van der Waals surface area (Å²) < 4.78 is 10.9. The molecular weight excluding hydrogens is 418 g/mol. The van der Waals surface area contributed by atoms with Crippen LogP contribution in [0.25, 0.3) is 0 Å². The first-order valence-electron chi connectivity index (χ1n) is 11.7. The van der Waals surface area contributed by atoms with Crippen molar-refractivity contribution in [3.8, 4) is 5.75 Å². The van der Waals surface area contributed by atoms with Crippen LogP contribution < -0.4 is 26.4 Å². The molecule has 178 valence electrons. The molecule has 0 aromatic heterocycles. The highest BCUT2D eigenvalue weighted by atomic mass is 16.5. The van der Waals surface area contributed by atoms with Crippen LogP contribution in [0.1, 0.15) is 34.7 Å². The number of carbonyl (C=O) groups excluding carboxylic acids is 1. The standard InChI is InChI=1S/C25H35N5O3/c1-32-22-10-6-18(7-11-22)20-15-27-25(28-16-20)29-21-8-4-19(5-9-21)24(31)30(13-12-26)17-23-3-2-14-33-23/h4-11,20,23,25,27-29H,2-3,12-17,26H2,1H3. The van der Waals surface area contributed by atoms with E-state index in [1.807, 2.05) is 41.3 Å². The Kier molecular flexibility index (Phi) is 8.17. The Morgan fingerprint density at radius 3 is 2.48 bits per heavy atom. The van der Waals surface area contributed by atoms with Crippen LogP contribution in [-0.2, 0) is 4.74 Å². The smallest absolute Gasteiger partial charge is 0.253 e. The zero-order valence-electron chi connectivity index (χ0n) is 19.3. The van der Waals surface area contributed by atoms with E-state index in [1.165, 1.54) is 5.56 Å². The number of anilines is 1. The lowest BCUT2D eigenvalue weighted by Gasteiger charge is -2.32. The van der Waals surface area contributed by atoms with Gasteiger partial charge in [0.05, 0.1) is 13.2 Å². The van der Waals surface area contributed by atoms with Crippen molar-refractivity contribution in [3.05, 3.63) is 59.7 Å². The Morgan fingerprint density at radius 2 is 1.88 bits per heavy atom. The van der Waals surface area contributed by atoms with Crippen molar-refractivity contribution in [2.75, 3.05) is 51.8 Å². The van der Waals surface area contributed by atoms with E-state index in [2.05, 4.69) is 28.1 Å². The van der Waals surface area contributed by atoms with Gasteiger partial charge in [-0.25, -0.2) is 0 Å². The third-order valence-corrected chi connectivity index (χ3v) is 6.30. The Morgan fingerprint density at radius 1 is 1.15 bits per heavy atom. The summed E-state index contributed by atoms with van der Waals surface area (Å²) in [7, 11) is 1.68. The maximum atomic E-state index is 13.0. The lowest BCUT2D eigenvalue weighted by atomic mass is 9.97. The number of nitrogens with zero attached hydrogens (tertiary/aromatic N) is 1. The summed E-state index contributed by atoms with van der Waals surface area (Å²) >= 11 is 0. The largest absolute Gasteiger partial charge is 0.497 e. The molecule has 2 fully saturated rings. The fraction of sp³-hybridized carbons (Fsp3) is 0.480. The molecule has 0 aliphatic carbocycles. The second kappa shape index (κ2) is 11.5. The van der Waals surface area contributed by atoms with Crippen LogP contribution in [0.15, 0.2) is 48.5 Å². The molecule has 8 heteroatoms. The Hall–Kier alpha value is -2.65. The second-order valence-corrected chi connectivity index (χ2v) is 8.62. The molecule has 0 spiro atoms. The maximum Gasteiger partial charge on any atom is 0.253 e. The number of amides is 1. The van der Waals surface area contributed by atoms with Crippen molar-refractivity contribution in [3.63, 3.8) is 0 Å².